The number of hydrogen-bond acceptors (Lipinski definition) is 2. The zero-order valence-electron chi connectivity index (χ0n) is 13.4. The van der Waals surface area contributed by atoms with E-state index in [2.05, 4.69) is 5.32 Å². The number of piperidine rings is 2. The number of para-hydroxylation sites is 1. The molecule has 0 saturated carbocycles. The quantitative estimate of drug-likeness (QED) is 0.880. The van der Waals surface area contributed by atoms with Gasteiger partial charge in [0, 0.05) is 12.5 Å². The number of hydrogen-bond donors (Lipinski definition) is 2. The molecule has 2 N–H and O–H groups in total. The van der Waals surface area contributed by atoms with Crippen LogP contribution in [0, 0.1) is 5.92 Å². The van der Waals surface area contributed by atoms with Crippen molar-refractivity contribution in [2.24, 2.45) is 5.92 Å². The minimum atomic E-state index is -0.0135. The molecule has 1 aromatic carbocycles. The van der Waals surface area contributed by atoms with Crippen LogP contribution in [0.4, 0.5) is 0 Å². The zero-order chi connectivity index (χ0) is 15.4. The van der Waals surface area contributed by atoms with Crippen molar-refractivity contribution in [3.63, 3.8) is 0 Å². The number of nitrogens with one attached hydrogen (secondary N) is 2. The largest absolute Gasteiger partial charge is 0.496 e. The normalized spacial score (nSPS) is 27.8. The van der Waals surface area contributed by atoms with Gasteiger partial charge in [-0.25, -0.2) is 0 Å². The summed E-state index contributed by atoms with van der Waals surface area (Å²) >= 11 is 0. The highest BCUT2D eigenvalue weighted by atomic mass is 16.5. The first-order chi connectivity index (χ1) is 10.8. The van der Waals surface area contributed by atoms with Crippen LogP contribution in [-0.2, 0) is 0 Å². The molecule has 3 rings (SSSR count). The number of methoxy groups -OCH3 is 1. The minimum Gasteiger partial charge on any atom is -0.496 e. The van der Waals surface area contributed by atoms with Gasteiger partial charge in [0.05, 0.1) is 31.8 Å². The van der Waals surface area contributed by atoms with Gasteiger partial charge in [-0.05, 0) is 44.2 Å². The van der Waals surface area contributed by atoms with Crippen molar-refractivity contribution >= 4 is 5.91 Å². The first-order valence-electron chi connectivity index (χ1n) is 8.55. The second kappa shape index (κ2) is 7.14. The fraction of sp³-hybridized carbons (Fsp3) is 0.611. The van der Waals surface area contributed by atoms with Crippen LogP contribution in [0.3, 0.4) is 0 Å². The van der Waals surface area contributed by atoms with Crippen LogP contribution in [0.25, 0.3) is 0 Å². The van der Waals surface area contributed by atoms with E-state index < -0.39 is 0 Å². The molecule has 120 valence electrons. The Labute approximate surface area is 132 Å². The number of carbonyl (C=O) groups excluding carboxylic acids is 1. The van der Waals surface area contributed by atoms with Crippen molar-refractivity contribution in [2.45, 2.75) is 38.1 Å². The third kappa shape index (κ3) is 3.27. The van der Waals surface area contributed by atoms with E-state index in [1.807, 2.05) is 24.3 Å². The van der Waals surface area contributed by atoms with Crippen molar-refractivity contribution in [2.75, 3.05) is 26.7 Å². The van der Waals surface area contributed by atoms with Gasteiger partial charge in [0.1, 0.15) is 5.75 Å². The molecule has 3 atom stereocenters. The number of ether oxygens (including phenoxy) is 1. The number of rotatable bonds is 4. The maximum Gasteiger partial charge on any atom is 0.255 e. The third-order valence-electron chi connectivity index (χ3n) is 5.31. The Bertz CT molecular complexity index is 516. The lowest BCUT2D eigenvalue weighted by Gasteiger charge is -2.41. The van der Waals surface area contributed by atoms with E-state index >= 15 is 0 Å². The highest BCUT2D eigenvalue weighted by Crippen LogP contribution is 2.21. The van der Waals surface area contributed by atoms with Crippen LogP contribution in [0.1, 0.15) is 42.5 Å². The van der Waals surface area contributed by atoms with Gasteiger partial charge in [-0.2, -0.15) is 0 Å². The lowest BCUT2D eigenvalue weighted by atomic mass is 9.83. The molecule has 2 aliphatic heterocycles. The minimum absolute atomic E-state index is 0.0135. The first kappa shape index (κ1) is 15.3. The van der Waals surface area contributed by atoms with E-state index in [-0.39, 0.29) is 5.91 Å². The summed E-state index contributed by atoms with van der Waals surface area (Å²) in [6.45, 7) is 3.44. The summed E-state index contributed by atoms with van der Waals surface area (Å²) in [5.41, 5.74) is 0.633. The molecule has 4 nitrogen and oxygen atoms in total. The van der Waals surface area contributed by atoms with Crippen molar-refractivity contribution in [3.05, 3.63) is 29.8 Å². The summed E-state index contributed by atoms with van der Waals surface area (Å²) in [6.07, 6.45) is 6.59. The highest BCUT2D eigenvalue weighted by molar-refractivity contribution is 5.96. The fourth-order valence-electron chi connectivity index (χ4n) is 4.17. The third-order valence-corrected chi connectivity index (χ3v) is 5.31. The number of carbonyl (C=O) groups is 1. The second-order valence-electron chi connectivity index (χ2n) is 6.57. The summed E-state index contributed by atoms with van der Waals surface area (Å²) < 4.78 is 5.28. The molecule has 0 bridgehead atoms. The molecule has 0 spiro atoms. The monoisotopic (exact) mass is 303 g/mol. The molecule has 2 saturated heterocycles. The molecule has 0 aliphatic carbocycles. The average Bonchev–Trinajstić information content (AvgIpc) is 2.59. The topological polar surface area (TPSA) is 42.8 Å². The summed E-state index contributed by atoms with van der Waals surface area (Å²) in [6, 6.07) is 8.18. The Hall–Kier alpha value is -1.55. The first-order valence-corrected chi connectivity index (χ1v) is 8.55. The van der Waals surface area contributed by atoms with E-state index in [1.54, 1.807) is 12.0 Å². The molecule has 2 heterocycles. The summed E-state index contributed by atoms with van der Waals surface area (Å²) in [5, 5.41) is 3.14. The maximum absolute atomic E-state index is 12.4. The zero-order valence-corrected chi connectivity index (χ0v) is 13.4. The van der Waals surface area contributed by atoms with Crippen molar-refractivity contribution in [1.82, 2.24) is 5.32 Å². The molecule has 0 radical (unpaired) electrons. The Morgan fingerprint density at radius 2 is 2.05 bits per heavy atom. The molecular weight excluding hydrogens is 276 g/mol. The molecule has 4 heteroatoms. The van der Waals surface area contributed by atoms with Crippen LogP contribution in [0.5, 0.6) is 5.75 Å². The summed E-state index contributed by atoms with van der Waals surface area (Å²) in [4.78, 5) is 14.2. The van der Waals surface area contributed by atoms with Crippen molar-refractivity contribution in [3.8, 4) is 5.75 Å². The Morgan fingerprint density at radius 1 is 1.23 bits per heavy atom. The standard InChI is InChI=1S/C18H26N2O2/c1-22-17-10-3-2-8-15(17)18(21)19-13-14-7-6-12-20-11-5-4-9-16(14)20/h2-3,8,10,14,16H,4-7,9,11-13H2,1H3,(H,19,21)/p+1/t14-,16-/m0/s1. The lowest BCUT2D eigenvalue weighted by molar-refractivity contribution is -0.939. The van der Waals surface area contributed by atoms with E-state index in [1.165, 1.54) is 45.2 Å². The van der Waals surface area contributed by atoms with Crippen LogP contribution in [0.15, 0.2) is 24.3 Å². The molecular formula is C18H27N2O2+. The molecule has 2 aliphatic rings. The van der Waals surface area contributed by atoms with Crippen LogP contribution >= 0.6 is 0 Å². The number of fused-ring (bicyclic) bond motifs is 1. The Morgan fingerprint density at radius 3 is 2.91 bits per heavy atom. The van der Waals surface area contributed by atoms with Gasteiger partial charge in [-0.15, -0.1) is 0 Å². The lowest BCUT2D eigenvalue weighted by Crippen LogP contribution is -3.18. The van der Waals surface area contributed by atoms with Gasteiger partial charge in [0.2, 0.25) is 0 Å². The number of benzene rings is 1. The summed E-state index contributed by atoms with van der Waals surface area (Å²) in [5.74, 6) is 1.26. The maximum atomic E-state index is 12.4. The highest BCUT2D eigenvalue weighted by Gasteiger charge is 2.36. The van der Waals surface area contributed by atoms with Gasteiger partial charge in [0.25, 0.3) is 5.91 Å². The van der Waals surface area contributed by atoms with E-state index in [0.29, 0.717) is 17.2 Å². The number of amides is 1. The van der Waals surface area contributed by atoms with Gasteiger partial charge in [0.15, 0.2) is 0 Å². The van der Waals surface area contributed by atoms with Crippen molar-refractivity contribution < 1.29 is 14.4 Å². The van der Waals surface area contributed by atoms with Gasteiger partial charge in [-0.3, -0.25) is 4.79 Å². The van der Waals surface area contributed by atoms with E-state index in [4.69, 9.17) is 4.74 Å². The van der Waals surface area contributed by atoms with Crippen molar-refractivity contribution in [1.29, 1.82) is 0 Å². The van der Waals surface area contributed by atoms with E-state index in [9.17, 15) is 4.79 Å². The molecule has 1 unspecified atom stereocenters. The van der Waals surface area contributed by atoms with Gasteiger partial charge in [-0.1, -0.05) is 12.1 Å². The van der Waals surface area contributed by atoms with Crippen LogP contribution < -0.4 is 15.0 Å². The molecule has 2 fully saturated rings. The predicted octanol–water partition coefficient (Wildman–Crippen LogP) is 1.27. The average molecular weight is 303 g/mol. The smallest absolute Gasteiger partial charge is 0.255 e. The number of quaternary nitrogens is 1. The van der Waals surface area contributed by atoms with E-state index in [0.717, 1.165) is 12.6 Å². The SMILES string of the molecule is COc1ccccc1C(=O)NC[C@@H]1CCC[NH+]2CCCC[C@@H]12. The van der Waals surface area contributed by atoms with Crippen LogP contribution in [0.2, 0.25) is 0 Å². The van der Waals surface area contributed by atoms with Gasteiger partial charge < -0.3 is 15.0 Å². The van der Waals surface area contributed by atoms with Crippen LogP contribution in [-0.4, -0.2) is 38.7 Å². The Kier molecular flexibility index (Phi) is 4.98. The molecule has 22 heavy (non-hydrogen) atoms. The molecule has 0 aromatic heterocycles. The molecule has 1 amide bonds. The Balaban J connectivity index is 1.60. The molecule has 1 aromatic rings. The fourth-order valence-corrected chi connectivity index (χ4v) is 4.17. The summed E-state index contributed by atoms with van der Waals surface area (Å²) in [7, 11) is 1.61. The van der Waals surface area contributed by atoms with Gasteiger partial charge >= 0.3 is 0 Å². The predicted molar refractivity (Wildman–Crippen MR) is 86.4 cm³/mol. The second-order valence-corrected chi connectivity index (χ2v) is 6.57.